The summed E-state index contributed by atoms with van der Waals surface area (Å²) < 4.78 is 13.7. The highest BCUT2D eigenvalue weighted by molar-refractivity contribution is 9.10. The van der Waals surface area contributed by atoms with Crippen LogP contribution < -0.4 is 20.7 Å². The second kappa shape index (κ2) is 12.2. The molecule has 4 amide bonds. The standard InChI is InChI=1S/C18H23BrN4O6S/c1-10(2)15(16(26)20-11(9-24)8-14(25)23-30(3)29)22-18(28)17(27)21-13-7-5-4-6-12(13)19/h4-7,9-11,15H,8H2,1-3H3,(H,20,26)(H,21,27)(H,22,28)(H,23,25). The highest BCUT2D eigenvalue weighted by atomic mass is 79.9. The largest absolute Gasteiger partial charge is 0.344 e. The summed E-state index contributed by atoms with van der Waals surface area (Å²) in [5, 5.41) is 7.08. The van der Waals surface area contributed by atoms with Crippen LogP contribution in [-0.2, 0) is 35.0 Å². The van der Waals surface area contributed by atoms with Gasteiger partial charge in [0.1, 0.15) is 23.3 Å². The number of carbonyl (C=O) groups excluding carboxylic acids is 5. The van der Waals surface area contributed by atoms with Gasteiger partial charge in [-0.2, -0.15) is 0 Å². The molecule has 0 bridgehead atoms. The lowest BCUT2D eigenvalue weighted by atomic mass is 10.0. The van der Waals surface area contributed by atoms with Crippen LogP contribution in [0.1, 0.15) is 20.3 Å². The molecule has 0 heterocycles. The van der Waals surface area contributed by atoms with E-state index in [-0.39, 0.29) is 0 Å². The molecular formula is C18H23BrN4O6S. The molecule has 0 saturated heterocycles. The number of nitrogens with one attached hydrogen (secondary N) is 4. The van der Waals surface area contributed by atoms with E-state index in [9.17, 15) is 28.2 Å². The first kappa shape index (κ1) is 25.4. The SMILES string of the molecule is CC(C)C(NC(=O)C(=O)Nc1ccccc1Br)C(=O)NC(C=O)CC(=O)NS(C)=O. The summed E-state index contributed by atoms with van der Waals surface area (Å²) in [6.07, 6.45) is 1.18. The Morgan fingerprint density at radius 3 is 2.27 bits per heavy atom. The van der Waals surface area contributed by atoms with Crippen LogP contribution in [0.4, 0.5) is 5.69 Å². The normalized spacial score (nSPS) is 13.5. The smallest absolute Gasteiger partial charge is 0.313 e. The Balaban J connectivity index is 2.76. The van der Waals surface area contributed by atoms with Crippen LogP contribution >= 0.6 is 15.9 Å². The predicted molar refractivity (Wildman–Crippen MR) is 114 cm³/mol. The molecule has 164 valence electrons. The summed E-state index contributed by atoms with van der Waals surface area (Å²) in [5.74, 6) is -3.87. The molecule has 0 saturated carbocycles. The van der Waals surface area contributed by atoms with Gasteiger partial charge in [-0.3, -0.25) is 23.9 Å². The minimum absolute atomic E-state index is 0.356. The molecule has 1 aromatic rings. The molecule has 3 unspecified atom stereocenters. The van der Waals surface area contributed by atoms with Crippen LogP contribution in [0.25, 0.3) is 0 Å². The molecule has 0 radical (unpaired) electrons. The van der Waals surface area contributed by atoms with Gasteiger partial charge in [0, 0.05) is 10.7 Å². The van der Waals surface area contributed by atoms with Gasteiger partial charge in [-0.05, 0) is 34.0 Å². The molecule has 3 atom stereocenters. The maximum absolute atomic E-state index is 12.5. The number of carbonyl (C=O) groups is 5. The fourth-order valence-corrected chi connectivity index (χ4v) is 3.08. The molecule has 0 aromatic heterocycles. The lowest BCUT2D eigenvalue weighted by molar-refractivity contribution is -0.138. The third-order valence-electron chi connectivity index (χ3n) is 3.72. The zero-order chi connectivity index (χ0) is 22.8. The minimum Gasteiger partial charge on any atom is -0.344 e. The van der Waals surface area contributed by atoms with Gasteiger partial charge in [-0.25, -0.2) is 4.21 Å². The van der Waals surface area contributed by atoms with Crippen molar-refractivity contribution in [1.82, 2.24) is 15.4 Å². The predicted octanol–water partition coefficient (Wildman–Crippen LogP) is 0.0119. The Kier molecular flexibility index (Phi) is 10.3. The van der Waals surface area contributed by atoms with Gasteiger partial charge in [0.05, 0.1) is 18.2 Å². The van der Waals surface area contributed by atoms with E-state index >= 15 is 0 Å². The number of hydrogen-bond donors (Lipinski definition) is 4. The van der Waals surface area contributed by atoms with Crippen molar-refractivity contribution >= 4 is 62.5 Å². The van der Waals surface area contributed by atoms with Crippen molar-refractivity contribution in [1.29, 1.82) is 0 Å². The van der Waals surface area contributed by atoms with Crippen LogP contribution in [0, 0.1) is 5.92 Å². The van der Waals surface area contributed by atoms with Gasteiger partial charge in [0.15, 0.2) is 0 Å². The second-order valence-corrected chi connectivity index (χ2v) is 8.53. The number of benzene rings is 1. The third-order valence-corrected chi connectivity index (χ3v) is 4.93. The highest BCUT2D eigenvalue weighted by Crippen LogP contribution is 2.20. The molecule has 1 aromatic carbocycles. The summed E-state index contributed by atoms with van der Waals surface area (Å²) in [4.78, 5) is 59.7. The summed E-state index contributed by atoms with van der Waals surface area (Å²) in [5.41, 5.74) is 0.378. The average molecular weight is 503 g/mol. The highest BCUT2D eigenvalue weighted by Gasteiger charge is 2.29. The van der Waals surface area contributed by atoms with E-state index in [0.717, 1.165) is 0 Å². The molecule has 0 aliphatic carbocycles. The van der Waals surface area contributed by atoms with E-state index in [1.165, 1.54) is 6.26 Å². The van der Waals surface area contributed by atoms with Crippen LogP contribution in [0.2, 0.25) is 0 Å². The van der Waals surface area contributed by atoms with Crippen molar-refractivity contribution in [2.24, 2.45) is 5.92 Å². The van der Waals surface area contributed by atoms with E-state index in [0.29, 0.717) is 16.4 Å². The van der Waals surface area contributed by atoms with Gasteiger partial charge in [0.25, 0.3) is 0 Å². The van der Waals surface area contributed by atoms with Gasteiger partial charge < -0.3 is 20.7 Å². The Hall–Kier alpha value is -2.60. The fourth-order valence-electron chi connectivity index (χ4n) is 2.29. The number of para-hydroxylation sites is 1. The first-order valence-corrected chi connectivity index (χ1v) is 11.1. The molecule has 12 heteroatoms. The van der Waals surface area contributed by atoms with Crippen molar-refractivity contribution in [3.05, 3.63) is 28.7 Å². The monoisotopic (exact) mass is 502 g/mol. The number of aldehydes is 1. The average Bonchev–Trinajstić information content (AvgIpc) is 2.65. The summed E-state index contributed by atoms with van der Waals surface area (Å²) >= 11 is 3.25. The molecule has 0 aliphatic rings. The van der Waals surface area contributed by atoms with Crippen molar-refractivity contribution in [3.8, 4) is 0 Å². The van der Waals surface area contributed by atoms with Gasteiger partial charge in [-0.15, -0.1) is 0 Å². The minimum atomic E-state index is -1.61. The van der Waals surface area contributed by atoms with E-state index in [4.69, 9.17) is 0 Å². The zero-order valence-corrected chi connectivity index (χ0v) is 19.0. The lowest BCUT2D eigenvalue weighted by Gasteiger charge is -2.23. The molecular weight excluding hydrogens is 480 g/mol. The van der Waals surface area contributed by atoms with Crippen LogP contribution in [0.3, 0.4) is 0 Å². The molecule has 4 N–H and O–H groups in total. The van der Waals surface area contributed by atoms with E-state index in [2.05, 4.69) is 36.6 Å². The Bertz CT molecular complexity index is 848. The molecule has 0 fully saturated rings. The Morgan fingerprint density at radius 1 is 1.10 bits per heavy atom. The van der Waals surface area contributed by atoms with Crippen molar-refractivity contribution < 1.29 is 28.2 Å². The molecule has 10 nitrogen and oxygen atoms in total. The van der Waals surface area contributed by atoms with Crippen molar-refractivity contribution in [2.45, 2.75) is 32.4 Å². The number of rotatable bonds is 9. The number of hydrogen-bond acceptors (Lipinski definition) is 6. The van der Waals surface area contributed by atoms with E-state index < -0.39 is 59.0 Å². The number of anilines is 1. The maximum atomic E-state index is 12.5. The quantitative estimate of drug-likeness (QED) is 0.276. The molecule has 0 spiro atoms. The Morgan fingerprint density at radius 2 is 1.73 bits per heavy atom. The first-order valence-electron chi connectivity index (χ1n) is 8.80. The van der Waals surface area contributed by atoms with Gasteiger partial charge >= 0.3 is 11.8 Å². The molecule has 0 aliphatic heterocycles. The van der Waals surface area contributed by atoms with Crippen molar-refractivity contribution in [2.75, 3.05) is 11.6 Å². The third kappa shape index (κ3) is 8.41. The Labute approximate surface area is 184 Å². The van der Waals surface area contributed by atoms with Crippen molar-refractivity contribution in [3.63, 3.8) is 0 Å². The van der Waals surface area contributed by atoms with Crippen LogP contribution in [0.5, 0.6) is 0 Å². The van der Waals surface area contributed by atoms with Gasteiger partial charge in [0.2, 0.25) is 11.8 Å². The molecule has 30 heavy (non-hydrogen) atoms. The lowest BCUT2D eigenvalue weighted by Crippen LogP contribution is -2.54. The maximum Gasteiger partial charge on any atom is 0.313 e. The van der Waals surface area contributed by atoms with E-state index in [1.54, 1.807) is 38.1 Å². The summed E-state index contributed by atoms with van der Waals surface area (Å²) in [7, 11) is -1.61. The van der Waals surface area contributed by atoms with Crippen LogP contribution in [0.15, 0.2) is 28.7 Å². The zero-order valence-electron chi connectivity index (χ0n) is 16.6. The van der Waals surface area contributed by atoms with Gasteiger partial charge in [-0.1, -0.05) is 26.0 Å². The topological polar surface area (TPSA) is 151 Å². The summed E-state index contributed by atoms with van der Waals surface area (Å²) in [6.45, 7) is 3.28. The second-order valence-electron chi connectivity index (χ2n) is 6.56. The summed E-state index contributed by atoms with van der Waals surface area (Å²) in [6, 6.07) is 4.36. The number of halogens is 1. The number of amides is 4. The molecule has 1 rings (SSSR count). The fraction of sp³-hybridized carbons (Fsp3) is 0.389. The van der Waals surface area contributed by atoms with E-state index in [1.807, 2.05) is 0 Å². The first-order chi connectivity index (χ1) is 14.0. The van der Waals surface area contributed by atoms with Crippen LogP contribution in [-0.4, -0.2) is 52.5 Å².